The van der Waals surface area contributed by atoms with Crippen LogP contribution in [0.3, 0.4) is 0 Å². The van der Waals surface area contributed by atoms with Crippen molar-refractivity contribution in [2.24, 2.45) is 11.3 Å². The van der Waals surface area contributed by atoms with Gasteiger partial charge in [0, 0.05) is 5.92 Å². The monoisotopic (exact) mass is 482 g/mol. The van der Waals surface area contributed by atoms with E-state index in [0.717, 1.165) is 0 Å². The zero-order chi connectivity index (χ0) is 25.3. The molecule has 7 N–H and O–H groups in total. The van der Waals surface area contributed by atoms with Gasteiger partial charge in [0.2, 0.25) is 5.79 Å². The molecule has 0 radical (unpaired) electrons. The number of hydrogen-bond acceptors (Lipinski definition) is 13. The Hall–Kier alpha value is -1.26. The van der Waals surface area contributed by atoms with Crippen molar-refractivity contribution < 1.29 is 64.3 Å². The number of hydrogen-bond donors (Lipinski definition) is 7. The number of Topliss-reactive ketones (excluding diaryl/α,β-unsaturated/α-hetero) is 1. The van der Waals surface area contributed by atoms with E-state index in [4.69, 9.17) is 18.9 Å². The number of aliphatic hydroxyl groups excluding tert-OH is 7. The van der Waals surface area contributed by atoms with Crippen LogP contribution in [0.25, 0.3) is 0 Å². The first-order chi connectivity index (χ1) is 15.3. The van der Waals surface area contributed by atoms with Crippen molar-refractivity contribution in [3.05, 3.63) is 0 Å². The van der Waals surface area contributed by atoms with E-state index in [0.29, 0.717) is 0 Å². The molecule has 13 nitrogen and oxygen atoms in total. The average Bonchev–Trinajstić information content (AvgIpc) is 3.04. The van der Waals surface area contributed by atoms with Crippen molar-refractivity contribution in [3.63, 3.8) is 0 Å². The van der Waals surface area contributed by atoms with Crippen LogP contribution in [0.2, 0.25) is 0 Å². The number of carbonyl (C=O) groups excluding carboxylic acids is 2. The summed E-state index contributed by atoms with van der Waals surface area (Å²) in [5.74, 6) is -4.44. The molecule has 0 aromatic carbocycles. The fourth-order valence-corrected chi connectivity index (χ4v) is 3.86. The second-order valence-electron chi connectivity index (χ2n) is 9.08. The molecule has 2 aliphatic heterocycles. The molecule has 0 aromatic rings. The predicted molar refractivity (Wildman–Crippen MR) is 106 cm³/mol. The molecular weight excluding hydrogens is 448 g/mol. The van der Waals surface area contributed by atoms with Crippen molar-refractivity contribution in [1.82, 2.24) is 0 Å². The van der Waals surface area contributed by atoms with Gasteiger partial charge in [-0.1, -0.05) is 13.8 Å². The van der Waals surface area contributed by atoms with Gasteiger partial charge in [-0.3, -0.25) is 9.59 Å². The first-order valence-electron chi connectivity index (χ1n) is 10.6. The molecule has 2 rings (SSSR count). The van der Waals surface area contributed by atoms with Crippen molar-refractivity contribution in [2.45, 2.75) is 82.5 Å². The van der Waals surface area contributed by atoms with E-state index in [1.165, 1.54) is 13.8 Å². The standard InChI is InChI=1S/C20H34O13/c1-8(2)15(28)19(3,4)18(29)31-16-12(25)10(6-22)32-20(16,7-23)33-17-14(27)13(26)11(24)9(5-21)30-17/h8-14,16-17,21-27H,5-7H2,1-4H3/t9-,10-,11-,12-,13+,14-,16+,17-,20+/m1/s1. The Labute approximate surface area is 190 Å². The number of ketones is 1. The Morgan fingerprint density at radius 3 is 2.00 bits per heavy atom. The van der Waals surface area contributed by atoms with E-state index >= 15 is 0 Å². The third-order valence-electron chi connectivity index (χ3n) is 5.92. The SMILES string of the molecule is CC(C)C(=O)C(C)(C)C(=O)O[C@H]1[C@H](O)[C@@H](CO)O[C@@]1(CO)O[C@H]1O[C@H](CO)[C@@H](O)[C@H](O)[C@H]1O. The van der Waals surface area contributed by atoms with Crippen LogP contribution in [0.5, 0.6) is 0 Å². The highest BCUT2D eigenvalue weighted by Crippen LogP contribution is 2.39. The Balaban J connectivity index is 2.36. The fraction of sp³-hybridized carbons (Fsp3) is 0.900. The van der Waals surface area contributed by atoms with Crippen LogP contribution in [0.4, 0.5) is 0 Å². The molecule has 2 fully saturated rings. The number of aliphatic hydroxyl groups is 7. The van der Waals surface area contributed by atoms with Gasteiger partial charge in [-0.15, -0.1) is 0 Å². The molecular formula is C20H34O13. The van der Waals surface area contributed by atoms with Gasteiger partial charge in [0.05, 0.1) is 13.2 Å². The summed E-state index contributed by atoms with van der Waals surface area (Å²) in [6, 6.07) is 0. The smallest absolute Gasteiger partial charge is 0.319 e. The summed E-state index contributed by atoms with van der Waals surface area (Å²) in [5, 5.41) is 69.8. The molecule has 33 heavy (non-hydrogen) atoms. The lowest BCUT2D eigenvalue weighted by atomic mass is 9.82. The van der Waals surface area contributed by atoms with E-state index in [-0.39, 0.29) is 0 Å². The number of carbonyl (C=O) groups is 2. The maximum absolute atomic E-state index is 12.9. The molecule has 0 bridgehead atoms. The zero-order valence-electron chi connectivity index (χ0n) is 18.9. The van der Waals surface area contributed by atoms with Crippen molar-refractivity contribution >= 4 is 11.8 Å². The highest BCUT2D eigenvalue weighted by Gasteiger charge is 2.61. The lowest BCUT2D eigenvalue weighted by Gasteiger charge is -2.43. The van der Waals surface area contributed by atoms with Gasteiger partial charge in [0.15, 0.2) is 18.2 Å². The molecule has 2 heterocycles. The molecule has 192 valence electrons. The van der Waals surface area contributed by atoms with Gasteiger partial charge < -0.3 is 54.7 Å². The zero-order valence-corrected chi connectivity index (χ0v) is 18.9. The largest absolute Gasteiger partial charge is 0.453 e. The molecule has 0 aromatic heterocycles. The summed E-state index contributed by atoms with van der Waals surface area (Å²) in [6.45, 7) is 3.21. The molecule has 0 amide bonds. The minimum Gasteiger partial charge on any atom is -0.453 e. The summed E-state index contributed by atoms with van der Waals surface area (Å²) in [5.41, 5.74) is -1.64. The van der Waals surface area contributed by atoms with Gasteiger partial charge in [0.1, 0.15) is 48.6 Å². The summed E-state index contributed by atoms with van der Waals surface area (Å²) in [6.07, 6.45) is -13.5. The number of ether oxygens (including phenoxy) is 4. The molecule has 9 atom stereocenters. The Morgan fingerprint density at radius 1 is 0.939 bits per heavy atom. The summed E-state index contributed by atoms with van der Waals surface area (Å²) in [7, 11) is 0. The Morgan fingerprint density at radius 2 is 1.52 bits per heavy atom. The molecule has 0 unspecified atom stereocenters. The maximum Gasteiger partial charge on any atom is 0.319 e. The lowest BCUT2D eigenvalue weighted by Crippen LogP contribution is -2.63. The third-order valence-corrected chi connectivity index (χ3v) is 5.92. The van der Waals surface area contributed by atoms with Crippen LogP contribution in [-0.2, 0) is 28.5 Å². The predicted octanol–water partition coefficient (Wildman–Crippen LogP) is -3.59. The lowest BCUT2D eigenvalue weighted by molar-refractivity contribution is -0.384. The van der Waals surface area contributed by atoms with Crippen molar-refractivity contribution in [1.29, 1.82) is 0 Å². The highest BCUT2D eigenvalue weighted by atomic mass is 16.8. The number of esters is 1. The van der Waals surface area contributed by atoms with E-state index in [1.54, 1.807) is 13.8 Å². The van der Waals surface area contributed by atoms with Crippen LogP contribution in [0.1, 0.15) is 27.7 Å². The quantitative estimate of drug-likeness (QED) is 0.125. The maximum atomic E-state index is 12.9. The van der Waals surface area contributed by atoms with Gasteiger partial charge in [-0.2, -0.15) is 0 Å². The highest BCUT2D eigenvalue weighted by molar-refractivity contribution is 6.03. The average molecular weight is 482 g/mol. The summed E-state index contributed by atoms with van der Waals surface area (Å²) >= 11 is 0. The molecule has 2 saturated heterocycles. The molecule has 2 aliphatic rings. The topological polar surface area (TPSA) is 213 Å². The van der Waals surface area contributed by atoms with Crippen LogP contribution in [-0.4, -0.2) is 122 Å². The van der Waals surface area contributed by atoms with Crippen LogP contribution in [0, 0.1) is 11.3 Å². The fourth-order valence-electron chi connectivity index (χ4n) is 3.86. The Kier molecular flexibility index (Phi) is 8.95. The van der Waals surface area contributed by atoms with E-state index in [2.05, 4.69) is 0 Å². The van der Waals surface area contributed by atoms with Gasteiger partial charge in [-0.05, 0) is 13.8 Å². The number of rotatable bonds is 9. The van der Waals surface area contributed by atoms with Gasteiger partial charge in [-0.25, -0.2) is 0 Å². The third kappa shape index (κ3) is 5.22. The second kappa shape index (κ2) is 10.6. The molecule has 0 saturated carbocycles. The van der Waals surface area contributed by atoms with E-state index < -0.39 is 97.7 Å². The Bertz CT molecular complexity index is 695. The first kappa shape index (κ1) is 28.0. The minimum atomic E-state index is -2.40. The van der Waals surface area contributed by atoms with Crippen molar-refractivity contribution in [2.75, 3.05) is 19.8 Å². The molecule has 0 aliphatic carbocycles. The van der Waals surface area contributed by atoms with E-state index in [9.17, 15) is 45.3 Å². The second-order valence-corrected chi connectivity index (χ2v) is 9.08. The summed E-state index contributed by atoms with van der Waals surface area (Å²) in [4.78, 5) is 25.3. The van der Waals surface area contributed by atoms with E-state index in [1.807, 2.05) is 0 Å². The van der Waals surface area contributed by atoms with Crippen LogP contribution in [0.15, 0.2) is 0 Å². The normalized spacial score (nSPS) is 39.6. The van der Waals surface area contributed by atoms with Crippen molar-refractivity contribution in [3.8, 4) is 0 Å². The van der Waals surface area contributed by atoms with Crippen LogP contribution >= 0.6 is 0 Å². The van der Waals surface area contributed by atoms with Crippen LogP contribution < -0.4 is 0 Å². The first-order valence-corrected chi connectivity index (χ1v) is 10.6. The molecule has 0 spiro atoms. The summed E-state index contributed by atoms with van der Waals surface area (Å²) < 4.78 is 21.6. The molecule has 13 heteroatoms. The van der Waals surface area contributed by atoms with Gasteiger partial charge in [0.25, 0.3) is 0 Å². The van der Waals surface area contributed by atoms with Gasteiger partial charge >= 0.3 is 5.97 Å². The minimum absolute atomic E-state index is 0.455.